The largest absolute Gasteiger partial charge is 0.292 e. The Hall–Kier alpha value is -3.88. The fourth-order valence-electron chi connectivity index (χ4n) is 3.17. The van der Waals surface area contributed by atoms with Gasteiger partial charge >= 0.3 is 0 Å². The number of ketones is 1. The monoisotopic (exact) mass is 409 g/mol. The molecule has 9 heteroatoms. The van der Waals surface area contributed by atoms with Crippen molar-refractivity contribution in [2.24, 2.45) is 0 Å². The second kappa shape index (κ2) is 8.24. The molecule has 0 spiro atoms. The van der Waals surface area contributed by atoms with Crippen LogP contribution in [-0.4, -0.2) is 44.5 Å². The maximum Gasteiger partial charge on any atom is 0.273 e. The lowest BCUT2D eigenvalue weighted by molar-refractivity contribution is -0.384. The smallest absolute Gasteiger partial charge is 0.273 e. The number of imide groups is 1. The van der Waals surface area contributed by atoms with E-state index in [9.17, 15) is 29.3 Å². The minimum absolute atomic E-state index is 0.0108. The molecule has 9 nitrogen and oxygen atoms in total. The van der Waals surface area contributed by atoms with Gasteiger partial charge in [-0.15, -0.1) is 0 Å². The Morgan fingerprint density at radius 3 is 1.97 bits per heavy atom. The summed E-state index contributed by atoms with van der Waals surface area (Å²) in [6, 6.07) is 10.3. The number of nitro groups is 1. The van der Waals surface area contributed by atoms with Crippen LogP contribution in [0.2, 0.25) is 0 Å². The predicted molar refractivity (Wildman–Crippen MR) is 105 cm³/mol. The van der Waals surface area contributed by atoms with Crippen LogP contribution in [0.15, 0.2) is 48.5 Å². The summed E-state index contributed by atoms with van der Waals surface area (Å²) in [6.45, 7) is 3.30. The molecule has 0 aliphatic carbocycles. The van der Waals surface area contributed by atoms with Crippen LogP contribution in [0.3, 0.4) is 0 Å². The third kappa shape index (κ3) is 3.95. The highest BCUT2D eigenvalue weighted by Crippen LogP contribution is 2.23. The molecule has 2 aromatic rings. The first-order chi connectivity index (χ1) is 14.2. The topological polar surface area (TPSA) is 118 Å². The van der Waals surface area contributed by atoms with E-state index in [0.29, 0.717) is 10.6 Å². The zero-order valence-electron chi connectivity index (χ0n) is 16.4. The summed E-state index contributed by atoms with van der Waals surface area (Å²) in [5.41, 5.74) is 1.07. The zero-order chi connectivity index (χ0) is 22.0. The van der Waals surface area contributed by atoms with Gasteiger partial charge in [0, 0.05) is 36.1 Å². The number of nitrogens with zero attached hydrogens (tertiary/aromatic N) is 3. The van der Waals surface area contributed by atoms with Crippen LogP contribution in [-0.2, 0) is 9.59 Å². The highest BCUT2D eigenvalue weighted by molar-refractivity contribution is 6.08. The van der Waals surface area contributed by atoms with Gasteiger partial charge in [0.2, 0.25) is 11.8 Å². The highest BCUT2D eigenvalue weighted by Gasteiger charge is 2.41. The maximum absolute atomic E-state index is 13.2. The molecule has 2 aromatic carbocycles. The molecule has 1 saturated heterocycles. The average Bonchev–Trinajstić information content (AvgIpc) is 3.06. The molecule has 1 fully saturated rings. The van der Waals surface area contributed by atoms with Gasteiger partial charge in [-0.05, 0) is 26.0 Å². The number of hydrazine groups is 1. The van der Waals surface area contributed by atoms with Gasteiger partial charge in [-0.2, -0.15) is 5.01 Å². The molecule has 0 unspecified atom stereocenters. The second-order valence-electron chi connectivity index (χ2n) is 6.96. The Labute approximate surface area is 172 Å². The molecule has 1 aliphatic heterocycles. The second-order valence-corrected chi connectivity index (χ2v) is 6.96. The van der Waals surface area contributed by atoms with Crippen LogP contribution in [0.1, 0.15) is 46.0 Å². The van der Waals surface area contributed by atoms with E-state index in [0.717, 1.165) is 22.7 Å². The summed E-state index contributed by atoms with van der Waals surface area (Å²) < 4.78 is 0. The Bertz CT molecular complexity index is 1010. The molecule has 1 aliphatic rings. The van der Waals surface area contributed by atoms with Crippen molar-refractivity contribution in [1.82, 2.24) is 10.0 Å². The number of hydrogen-bond acceptors (Lipinski definition) is 6. The van der Waals surface area contributed by atoms with Gasteiger partial charge in [0.25, 0.3) is 11.6 Å². The van der Waals surface area contributed by atoms with Gasteiger partial charge in [-0.25, -0.2) is 5.01 Å². The van der Waals surface area contributed by atoms with E-state index in [2.05, 4.69) is 0 Å². The van der Waals surface area contributed by atoms with E-state index in [-0.39, 0.29) is 24.1 Å². The molecular weight excluding hydrogens is 390 g/mol. The SMILES string of the molecule is Cc1ccc(C(=O)[C@@H](C)N(C(=O)c2ccc([N+](=O)[O-])cc2)N2C(=O)CCC2=O)cc1. The lowest BCUT2D eigenvalue weighted by Gasteiger charge is -2.34. The van der Waals surface area contributed by atoms with E-state index in [1.165, 1.54) is 19.1 Å². The van der Waals surface area contributed by atoms with Crippen molar-refractivity contribution in [2.75, 3.05) is 0 Å². The summed E-state index contributed by atoms with van der Waals surface area (Å²) in [6.07, 6.45) is -0.122. The van der Waals surface area contributed by atoms with Gasteiger partial charge in [0.1, 0.15) is 6.04 Å². The summed E-state index contributed by atoms with van der Waals surface area (Å²) in [4.78, 5) is 61.1. The highest BCUT2D eigenvalue weighted by atomic mass is 16.6. The number of nitro benzene ring substituents is 1. The van der Waals surface area contributed by atoms with E-state index in [1.807, 2.05) is 6.92 Å². The Morgan fingerprint density at radius 1 is 0.967 bits per heavy atom. The van der Waals surface area contributed by atoms with Gasteiger partial charge < -0.3 is 0 Å². The minimum atomic E-state index is -1.15. The molecule has 3 amide bonds. The molecule has 0 N–H and O–H groups in total. The number of non-ortho nitro benzene ring substituents is 1. The number of amides is 3. The molecule has 1 atom stereocenters. The van der Waals surface area contributed by atoms with Crippen LogP contribution in [0.4, 0.5) is 5.69 Å². The van der Waals surface area contributed by atoms with E-state index >= 15 is 0 Å². The maximum atomic E-state index is 13.2. The lowest BCUT2D eigenvalue weighted by atomic mass is 10.0. The minimum Gasteiger partial charge on any atom is -0.292 e. The Balaban J connectivity index is 1.99. The first-order valence-electron chi connectivity index (χ1n) is 9.25. The fraction of sp³-hybridized carbons (Fsp3) is 0.238. The first kappa shape index (κ1) is 20.8. The van der Waals surface area contributed by atoms with Crippen molar-refractivity contribution < 1.29 is 24.1 Å². The van der Waals surface area contributed by atoms with Crippen molar-refractivity contribution >= 4 is 29.2 Å². The van der Waals surface area contributed by atoms with Crippen molar-refractivity contribution in [3.63, 3.8) is 0 Å². The quantitative estimate of drug-likeness (QED) is 0.313. The zero-order valence-corrected chi connectivity index (χ0v) is 16.4. The van der Waals surface area contributed by atoms with Crippen molar-refractivity contribution in [3.8, 4) is 0 Å². The molecule has 154 valence electrons. The van der Waals surface area contributed by atoms with Gasteiger partial charge in [0.05, 0.1) is 4.92 Å². The van der Waals surface area contributed by atoms with Crippen LogP contribution in [0.5, 0.6) is 0 Å². The van der Waals surface area contributed by atoms with Crippen LogP contribution >= 0.6 is 0 Å². The molecule has 0 saturated carbocycles. The predicted octanol–water partition coefficient (Wildman–Crippen LogP) is 2.68. The number of carbonyl (C=O) groups is 4. The number of benzene rings is 2. The van der Waals surface area contributed by atoms with Crippen LogP contribution in [0.25, 0.3) is 0 Å². The van der Waals surface area contributed by atoms with Crippen molar-refractivity contribution in [1.29, 1.82) is 0 Å². The Kier molecular flexibility index (Phi) is 5.72. The molecule has 3 rings (SSSR count). The average molecular weight is 409 g/mol. The van der Waals surface area contributed by atoms with Crippen LogP contribution in [0, 0.1) is 17.0 Å². The molecule has 1 heterocycles. The molecule has 0 bridgehead atoms. The van der Waals surface area contributed by atoms with E-state index < -0.39 is 34.5 Å². The number of aryl methyl sites for hydroxylation is 1. The third-order valence-corrected chi connectivity index (χ3v) is 4.86. The standard InChI is InChI=1S/C21H19N3O6/c1-13-3-5-15(6-4-13)20(27)14(2)22(23-18(25)11-12-19(23)26)21(28)16-7-9-17(10-8-16)24(29)30/h3-10,14H,11-12H2,1-2H3/t14-/m1/s1. The number of Topliss-reactive ketones (excluding diaryl/α,β-unsaturated/α-hetero) is 1. The molecule has 30 heavy (non-hydrogen) atoms. The number of rotatable bonds is 6. The third-order valence-electron chi connectivity index (χ3n) is 4.86. The Morgan fingerprint density at radius 2 is 1.47 bits per heavy atom. The summed E-state index contributed by atoms with van der Waals surface area (Å²) in [5.74, 6) is -2.39. The van der Waals surface area contributed by atoms with Crippen LogP contribution < -0.4 is 0 Å². The normalized spacial score (nSPS) is 14.5. The molecular formula is C21H19N3O6. The van der Waals surface area contributed by atoms with Crippen molar-refractivity contribution in [3.05, 3.63) is 75.3 Å². The summed E-state index contributed by atoms with van der Waals surface area (Å²) in [7, 11) is 0. The van der Waals surface area contributed by atoms with Crippen molar-refractivity contribution in [2.45, 2.75) is 32.7 Å². The summed E-state index contributed by atoms with van der Waals surface area (Å²) in [5, 5.41) is 12.4. The lowest BCUT2D eigenvalue weighted by Crippen LogP contribution is -2.55. The van der Waals surface area contributed by atoms with Gasteiger partial charge in [0.15, 0.2) is 5.78 Å². The number of hydrogen-bond donors (Lipinski definition) is 0. The molecule has 0 radical (unpaired) electrons. The molecule has 0 aromatic heterocycles. The summed E-state index contributed by atoms with van der Waals surface area (Å²) >= 11 is 0. The first-order valence-corrected chi connectivity index (χ1v) is 9.25. The van der Waals surface area contributed by atoms with E-state index in [1.54, 1.807) is 24.3 Å². The fourth-order valence-corrected chi connectivity index (χ4v) is 3.17. The van der Waals surface area contributed by atoms with Gasteiger partial charge in [-0.3, -0.25) is 29.3 Å². The van der Waals surface area contributed by atoms with E-state index in [4.69, 9.17) is 0 Å². The van der Waals surface area contributed by atoms with Gasteiger partial charge in [-0.1, -0.05) is 29.8 Å². The number of carbonyl (C=O) groups excluding carboxylic acids is 4.